The highest BCUT2D eigenvalue weighted by molar-refractivity contribution is 9.10. The molecule has 1 aliphatic heterocycles. The van der Waals surface area contributed by atoms with Gasteiger partial charge in [-0.3, -0.25) is 9.36 Å². The van der Waals surface area contributed by atoms with E-state index in [1.807, 2.05) is 30.3 Å². The number of nitrogens with zero attached hydrogens (tertiary/aromatic N) is 6. The molecule has 0 radical (unpaired) electrons. The maximum Gasteiger partial charge on any atom is 0.284 e. The van der Waals surface area contributed by atoms with Crippen LogP contribution in [0.5, 0.6) is 0 Å². The zero-order valence-electron chi connectivity index (χ0n) is 15.0. The average Bonchev–Trinajstić information content (AvgIpc) is 3.06. The van der Waals surface area contributed by atoms with Crippen LogP contribution < -0.4 is 16.2 Å². The number of halogens is 2. The van der Waals surface area contributed by atoms with Gasteiger partial charge in [0.1, 0.15) is 28.0 Å². The van der Waals surface area contributed by atoms with E-state index in [9.17, 15) is 4.79 Å². The minimum absolute atomic E-state index is 0.154. The molecule has 1 aromatic carbocycles. The van der Waals surface area contributed by atoms with Gasteiger partial charge in [0.05, 0.1) is 16.8 Å². The van der Waals surface area contributed by atoms with E-state index in [0.29, 0.717) is 32.5 Å². The van der Waals surface area contributed by atoms with Crippen LogP contribution >= 0.6 is 27.5 Å². The minimum atomic E-state index is -0.218. The van der Waals surface area contributed by atoms with Gasteiger partial charge < -0.3 is 10.6 Å². The Morgan fingerprint density at radius 2 is 1.97 bits per heavy atom. The second-order valence-corrected chi connectivity index (χ2v) is 7.89. The Morgan fingerprint density at radius 1 is 1.17 bits per heavy atom. The van der Waals surface area contributed by atoms with Crippen molar-refractivity contribution in [3.05, 3.63) is 74.6 Å². The van der Waals surface area contributed by atoms with Gasteiger partial charge >= 0.3 is 0 Å². The van der Waals surface area contributed by atoms with Crippen molar-refractivity contribution in [3.8, 4) is 5.69 Å². The Hall–Kier alpha value is -2.91. The van der Waals surface area contributed by atoms with Gasteiger partial charge in [-0.05, 0) is 40.5 Å². The quantitative estimate of drug-likeness (QED) is 0.492. The van der Waals surface area contributed by atoms with Gasteiger partial charge in [0.2, 0.25) is 0 Å². The summed E-state index contributed by atoms with van der Waals surface area (Å²) in [5, 5.41) is 5.12. The molecule has 29 heavy (non-hydrogen) atoms. The summed E-state index contributed by atoms with van der Waals surface area (Å²) in [6.45, 7) is 0.759. The van der Waals surface area contributed by atoms with Crippen LogP contribution in [0.25, 0.3) is 11.2 Å². The standard InChI is InChI=1S/C19H15BrClN7O/c20-14-16(22)23-10-24-18(14)26-8-7-13(26)17-25-27-9-6-12(21)15(27)19(29)28(17)11-4-2-1-3-5-11/h1-6,9-10,13H,7-8H2,(H2,22,23,24)/t13-/m0/s1. The van der Waals surface area contributed by atoms with Crippen LogP contribution in [0, 0.1) is 0 Å². The second-order valence-electron chi connectivity index (χ2n) is 6.69. The smallest absolute Gasteiger partial charge is 0.284 e. The molecule has 1 atom stereocenters. The lowest BCUT2D eigenvalue weighted by Crippen LogP contribution is -2.45. The molecule has 4 heterocycles. The molecule has 1 aliphatic rings. The van der Waals surface area contributed by atoms with E-state index in [0.717, 1.165) is 18.7 Å². The number of benzene rings is 1. The van der Waals surface area contributed by atoms with E-state index in [-0.39, 0.29) is 11.6 Å². The van der Waals surface area contributed by atoms with E-state index in [4.69, 9.17) is 22.4 Å². The van der Waals surface area contributed by atoms with Crippen LogP contribution in [-0.2, 0) is 0 Å². The van der Waals surface area contributed by atoms with Gasteiger partial charge in [-0.2, -0.15) is 5.10 Å². The summed E-state index contributed by atoms with van der Waals surface area (Å²) in [6, 6.07) is 10.9. The fourth-order valence-electron chi connectivity index (χ4n) is 3.57. The highest BCUT2D eigenvalue weighted by Crippen LogP contribution is 2.40. The van der Waals surface area contributed by atoms with Crippen molar-refractivity contribution >= 4 is 44.7 Å². The van der Waals surface area contributed by atoms with Gasteiger partial charge in [-0.15, -0.1) is 0 Å². The molecular formula is C19H15BrClN7O. The first-order valence-corrected chi connectivity index (χ1v) is 10.1. The monoisotopic (exact) mass is 471 g/mol. The predicted molar refractivity (Wildman–Crippen MR) is 115 cm³/mol. The number of rotatable bonds is 3. The summed E-state index contributed by atoms with van der Waals surface area (Å²) >= 11 is 9.73. The Bertz CT molecular complexity index is 1290. The number of hydrogen-bond acceptors (Lipinski definition) is 6. The third-order valence-corrected chi connectivity index (χ3v) is 6.13. The lowest BCUT2D eigenvalue weighted by Gasteiger charge is -2.42. The van der Waals surface area contributed by atoms with Crippen molar-refractivity contribution in [2.45, 2.75) is 12.5 Å². The van der Waals surface area contributed by atoms with Crippen molar-refractivity contribution in [1.82, 2.24) is 24.1 Å². The van der Waals surface area contributed by atoms with Crippen LogP contribution in [0.4, 0.5) is 11.6 Å². The highest BCUT2D eigenvalue weighted by Gasteiger charge is 2.36. The van der Waals surface area contributed by atoms with Crippen LogP contribution in [0.2, 0.25) is 5.02 Å². The Labute approximate surface area is 178 Å². The summed E-state index contributed by atoms with van der Waals surface area (Å²) in [6.07, 6.45) is 3.94. The first-order chi connectivity index (χ1) is 14.1. The predicted octanol–water partition coefficient (Wildman–Crippen LogP) is 3.22. The third kappa shape index (κ3) is 2.80. The summed E-state index contributed by atoms with van der Waals surface area (Å²) in [5.74, 6) is 1.64. The lowest BCUT2D eigenvalue weighted by atomic mass is 10.0. The molecule has 0 spiro atoms. The SMILES string of the molecule is Nc1ncnc(N2CC[C@H]2c2nn3ccc(Cl)c3c(=O)n2-c2ccccc2)c1Br. The van der Waals surface area contributed by atoms with E-state index in [1.165, 1.54) is 6.33 Å². The normalized spacial score (nSPS) is 16.2. The molecule has 8 nitrogen and oxygen atoms in total. The Balaban J connectivity index is 1.72. The number of para-hydroxylation sites is 1. The van der Waals surface area contributed by atoms with E-state index >= 15 is 0 Å². The molecule has 4 aromatic rings. The van der Waals surface area contributed by atoms with Gasteiger partial charge in [-0.25, -0.2) is 14.5 Å². The fraction of sp³-hybridized carbons (Fsp3) is 0.158. The first kappa shape index (κ1) is 18.1. The molecule has 3 aromatic heterocycles. The van der Waals surface area contributed by atoms with Crippen LogP contribution in [0.15, 0.2) is 58.2 Å². The van der Waals surface area contributed by atoms with Crippen molar-refractivity contribution in [3.63, 3.8) is 0 Å². The first-order valence-electron chi connectivity index (χ1n) is 8.94. The number of anilines is 2. The van der Waals surface area contributed by atoms with E-state index in [2.05, 4.69) is 30.8 Å². The maximum atomic E-state index is 13.4. The molecule has 0 saturated carbocycles. The molecule has 10 heteroatoms. The maximum absolute atomic E-state index is 13.4. The summed E-state index contributed by atoms with van der Waals surface area (Å²) in [4.78, 5) is 23.8. The Morgan fingerprint density at radius 3 is 2.69 bits per heavy atom. The van der Waals surface area contributed by atoms with Crippen LogP contribution in [0.3, 0.4) is 0 Å². The zero-order chi connectivity index (χ0) is 20.1. The fourth-order valence-corrected chi connectivity index (χ4v) is 4.23. The minimum Gasteiger partial charge on any atom is -0.383 e. The number of aromatic nitrogens is 5. The molecule has 2 N–H and O–H groups in total. The van der Waals surface area contributed by atoms with Gasteiger partial charge in [0.25, 0.3) is 5.56 Å². The molecule has 5 rings (SSSR count). The molecule has 146 valence electrons. The molecule has 0 aliphatic carbocycles. The van der Waals surface area contributed by atoms with Crippen molar-refractivity contribution in [2.75, 3.05) is 17.2 Å². The van der Waals surface area contributed by atoms with Gasteiger partial charge in [0.15, 0.2) is 5.82 Å². The van der Waals surface area contributed by atoms with Crippen LogP contribution in [-0.4, -0.2) is 30.7 Å². The molecule has 1 fully saturated rings. The number of hydrogen-bond donors (Lipinski definition) is 1. The molecule has 1 saturated heterocycles. The third-order valence-electron chi connectivity index (χ3n) is 5.06. The number of nitrogens with two attached hydrogens (primary N) is 1. The van der Waals surface area contributed by atoms with Crippen LogP contribution in [0.1, 0.15) is 18.3 Å². The summed E-state index contributed by atoms with van der Waals surface area (Å²) in [7, 11) is 0. The molecule has 0 amide bonds. The summed E-state index contributed by atoms with van der Waals surface area (Å²) < 4.78 is 3.79. The highest BCUT2D eigenvalue weighted by atomic mass is 79.9. The lowest BCUT2D eigenvalue weighted by molar-refractivity contribution is 0.422. The second kappa shape index (κ2) is 6.85. The van der Waals surface area contributed by atoms with E-state index < -0.39 is 0 Å². The molecule has 0 bridgehead atoms. The molecule has 0 unspecified atom stereocenters. The zero-order valence-corrected chi connectivity index (χ0v) is 17.4. The van der Waals surface area contributed by atoms with Gasteiger partial charge in [0, 0.05) is 12.7 Å². The summed E-state index contributed by atoms with van der Waals surface area (Å²) in [5.41, 5.74) is 6.79. The van der Waals surface area contributed by atoms with E-state index in [1.54, 1.807) is 21.3 Å². The topological polar surface area (TPSA) is 94.3 Å². The largest absolute Gasteiger partial charge is 0.383 e. The average molecular weight is 473 g/mol. The Kier molecular flexibility index (Phi) is 4.29. The number of fused-ring (bicyclic) bond motifs is 1. The number of nitrogen functional groups attached to an aromatic ring is 1. The van der Waals surface area contributed by atoms with Gasteiger partial charge in [-0.1, -0.05) is 29.8 Å². The van der Waals surface area contributed by atoms with Crippen molar-refractivity contribution in [1.29, 1.82) is 0 Å². The molecular weight excluding hydrogens is 458 g/mol. The van der Waals surface area contributed by atoms with Crippen molar-refractivity contribution < 1.29 is 0 Å². The van der Waals surface area contributed by atoms with Crippen molar-refractivity contribution in [2.24, 2.45) is 0 Å².